The summed E-state index contributed by atoms with van der Waals surface area (Å²) in [5.74, 6) is 1.35. The fraction of sp³-hybridized carbons (Fsp3) is 0.114. The quantitative estimate of drug-likeness (QED) is 0.103. The summed E-state index contributed by atoms with van der Waals surface area (Å²) in [5, 5.41) is 18.7. The van der Waals surface area contributed by atoms with Gasteiger partial charge in [-0.1, -0.05) is 53.7 Å². The number of benzene rings is 5. The van der Waals surface area contributed by atoms with E-state index in [1.165, 1.54) is 0 Å². The molecule has 43 heavy (non-hydrogen) atoms. The summed E-state index contributed by atoms with van der Waals surface area (Å²) >= 11 is 8.17. The molecule has 0 bridgehead atoms. The van der Waals surface area contributed by atoms with E-state index in [0.717, 1.165) is 24.5 Å². The molecule has 0 saturated heterocycles. The van der Waals surface area contributed by atoms with Gasteiger partial charge in [0.25, 0.3) is 0 Å². The van der Waals surface area contributed by atoms with Gasteiger partial charge in [-0.2, -0.15) is 0 Å². The van der Waals surface area contributed by atoms with Crippen LogP contribution in [0, 0.1) is 0 Å². The lowest BCUT2D eigenvalue weighted by molar-refractivity contribution is 0.103. The molecule has 5 aromatic carbocycles. The number of aliphatic hydroxyl groups excluding tert-OH is 2. The predicted molar refractivity (Wildman–Crippen MR) is 172 cm³/mol. The van der Waals surface area contributed by atoms with Gasteiger partial charge in [0.05, 0.1) is 29.1 Å². The minimum Gasteiger partial charge on any atom is -0.491 e. The molecule has 0 radical (unpaired) electrons. The molecule has 0 aliphatic carbocycles. The molecule has 0 aromatic heterocycles. The highest BCUT2D eigenvalue weighted by Crippen LogP contribution is 2.37. The number of hydrogen-bond acceptors (Lipinski definition) is 6. The van der Waals surface area contributed by atoms with E-state index in [2.05, 4.69) is 24.3 Å². The number of aliphatic hydroxyl groups is 2. The zero-order valence-corrected chi connectivity index (χ0v) is 25.6. The first-order valence-corrected chi connectivity index (χ1v) is 16.1. The third kappa shape index (κ3) is 8.02. The summed E-state index contributed by atoms with van der Waals surface area (Å²) in [7, 11) is -0.411. The first-order valence-electron chi connectivity index (χ1n) is 13.6. The van der Waals surface area contributed by atoms with Crippen molar-refractivity contribution in [3.05, 3.63) is 137 Å². The van der Waals surface area contributed by atoms with Gasteiger partial charge in [-0.15, -0.1) is 0 Å². The van der Waals surface area contributed by atoms with Crippen LogP contribution in [0.25, 0.3) is 0 Å². The van der Waals surface area contributed by atoms with E-state index < -0.39 is 10.9 Å². The van der Waals surface area contributed by atoms with Gasteiger partial charge < -0.3 is 19.7 Å². The lowest BCUT2D eigenvalue weighted by Gasteiger charge is -2.11. The Labute approximate surface area is 263 Å². The molecule has 8 heteroatoms. The molecule has 0 amide bonds. The zero-order valence-electron chi connectivity index (χ0n) is 23.2. The molecule has 5 rings (SSSR count). The normalized spacial score (nSPS) is 11.0. The minimum atomic E-state index is -0.411. The standard InChI is InChI=1S/C35H30ClO5S2/c36-33-24-26(35(39)25-4-2-1-3-5-25)6-19-34(33)42-29-11-17-32(18-12-29)43(30-13-7-27(8-14-30)40-22-20-37)31-15-9-28(10-16-31)41-23-21-38/h1-19,24,37-38H,20-23H2/q+1. The summed E-state index contributed by atoms with van der Waals surface area (Å²) in [4.78, 5) is 18.1. The molecule has 0 fully saturated rings. The average molecular weight is 630 g/mol. The summed E-state index contributed by atoms with van der Waals surface area (Å²) in [6.45, 7) is 0.413. The van der Waals surface area contributed by atoms with Gasteiger partial charge in [-0.25, -0.2) is 0 Å². The number of rotatable bonds is 13. The molecular formula is C35H30ClO5S2+. The van der Waals surface area contributed by atoms with Crippen LogP contribution in [0.5, 0.6) is 11.5 Å². The van der Waals surface area contributed by atoms with E-state index in [-0.39, 0.29) is 32.2 Å². The van der Waals surface area contributed by atoms with Crippen LogP contribution in [0.3, 0.4) is 0 Å². The maximum atomic E-state index is 12.8. The van der Waals surface area contributed by atoms with Crippen LogP contribution in [0.15, 0.2) is 146 Å². The lowest BCUT2D eigenvalue weighted by Crippen LogP contribution is -2.06. The Morgan fingerprint density at radius 2 is 1.16 bits per heavy atom. The Morgan fingerprint density at radius 3 is 1.65 bits per heavy atom. The van der Waals surface area contributed by atoms with E-state index in [1.54, 1.807) is 30.0 Å². The van der Waals surface area contributed by atoms with Crippen LogP contribution in [-0.2, 0) is 10.9 Å². The second-order valence-electron chi connectivity index (χ2n) is 9.31. The third-order valence-electron chi connectivity index (χ3n) is 6.36. The summed E-state index contributed by atoms with van der Waals surface area (Å²) < 4.78 is 11.1. The number of ether oxygens (including phenoxy) is 2. The summed E-state index contributed by atoms with van der Waals surface area (Å²) in [6.07, 6.45) is 0. The Morgan fingerprint density at radius 1 is 0.651 bits per heavy atom. The SMILES string of the molecule is O=C(c1ccccc1)c1ccc(Sc2ccc([S+](c3ccc(OCCO)cc3)c3ccc(OCCO)cc3)cc2)c(Cl)c1. The highest BCUT2D eigenvalue weighted by molar-refractivity contribution is 7.99. The molecule has 2 N–H and O–H groups in total. The van der Waals surface area contributed by atoms with Crippen LogP contribution in [-0.4, -0.2) is 42.4 Å². The highest BCUT2D eigenvalue weighted by Gasteiger charge is 2.29. The molecule has 0 atom stereocenters. The van der Waals surface area contributed by atoms with Crippen molar-refractivity contribution in [3.63, 3.8) is 0 Å². The van der Waals surface area contributed by atoms with Gasteiger partial charge in [0.15, 0.2) is 20.5 Å². The van der Waals surface area contributed by atoms with Crippen molar-refractivity contribution < 1.29 is 24.5 Å². The fourth-order valence-corrected chi connectivity index (χ4v) is 7.49. The molecular weight excluding hydrogens is 600 g/mol. The molecule has 0 saturated carbocycles. The molecule has 0 aliphatic rings. The van der Waals surface area contributed by atoms with E-state index in [4.69, 9.17) is 31.3 Å². The maximum Gasteiger partial charge on any atom is 0.193 e. The lowest BCUT2D eigenvalue weighted by atomic mass is 10.0. The molecule has 0 spiro atoms. The first kappa shape index (κ1) is 30.7. The second-order valence-corrected chi connectivity index (χ2v) is 12.9. The van der Waals surface area contributed by atoms with Crippen LogP contribution in [0.1, 0.15) is 15.9 Å². The largest absolute Gasteiger partial charge is 0.491 e. The van der Waals surface area contributed by atoms with Crippen LogP contribution < -0.4 is 9.47 Å². The smallest absolute Gasteiger partial charge is 0.193 e. The number of hydrogen-bond donors (Lipinski definition) is 2. The van der Waals surface area contributed by atoms with Crippen molar-refractivity contribution in [2.45, 2.75) is 24.5 Å². The molecule has 0 unspecified atom stereocenters. The van der Waals surface area contributed by atoms with E-state index in [9.17, 15) is 4.79 Å². The Bertz CT molecular complexity index is 1580. The van der Waals surface area contributed by atoms with Crippen molar-refractivity contribution in [1.29, 1.82) is 0 Å². The Hall–Kier alpha value is -3.72. The van der Waals surface area contributed by atoms with Gasteiger partial charge in [0.2, 0.25) is 0 Å². The van der Waals surface area contributed by atoms with Gasteiger partial charge in [-0.3, -0.25) is 4.79 Å². The number of halogens is 1. The van der Waals surface area contributed by atoms with Crippen LogP contribution >= 0.6 is 23.4 Å². The average Bonchev–Trinajstić information content (AvgIpc) is 3.06. The van der Waals surface area contributed by atoms with Crippen molar-refractivity contribution in [2.75, 3.05) is 26.4 Å². The van der Waals surface area contributed by atoms with Crippen molar-refractivity contribution in [1.82, 2.24) is 0 Å². The Balaban J connectivity index is 1.37. The van der Waals surface area contributed by atoms with Gasteiger partial charge >= 0.3 is 0 Å². The molecule has 5 aromatic rings. The molecule has 0 aliphatic heterocycles. The predicted octanol–water partition coefficient (Wildman–Crippen LogP) is 7.56. The van der Waals surface area contributed by atoms with E-state index in [0.29, 0.717) is 27.6 Å². The molecule has 0 heterocycles. The maximum absolute atomic E-state index is 12.8. The summed E-state index contributed by atoms with van der Waals surface area (Å²) in [6, 6.07) is 38.9. The van der Waals surface area contributed by atoms with Crippen LogP contribution in [0.2, 0.25) is 5.02 Å². The monoisotopic (exact) mass is 629 g/mol. The second kappa shape index (κ2) is 15.1. The van der Waals surface area contributed by atoms with Crippen molar-refractivity contribution in [2.24, 2.45) is 0 Å². The highest BCUT2D eigenvalue weighted by atomic mass is 35.5. The van der Waals surface area contributed by atoms with Crippen molar-refractivity contribution in [3.8, 4) is 11.5 Å². The van der Waals surface area contributed by atoms with E-state index >= 15 is 0 Å². The van der Waals surface area contributed by atoms with Crippen molar-refractivity contribution >= 4 is 40.0 Å². The Kier molecular flexibility index (Phi) is 10.8. The third-order valence-corrected chi connectivity index (χ3v) is 10.1. The topological polar surface area (TPSA) is 76.0 Å². The minimum absolute atomic E-state index is 0.0393. The number of carbonyl (C=O) groups excluding carboxylic acids is 1. The fourth-order valence-electron chi connectivity index (χ4n) is 4.33. The van der Waals surface area contributed by atoms with Crippen LogP contribution in [0.4, 0.5) is 0 Å². The van der Waals surface area contributed by atoms with E-state index in [1.807, 2.05) is 78.9 Å². The molecule has 218 valence electrons. The van der Waals surface area contributed by atoms with Gasteiger partial charge in [0.1, 0.15) is 24.7 Å². The number of carbonyl (C=O) groups is 1. The molecule has 5 nitrogen and oxygen atoms in total. The first-order chi connectivity index (χ1) is 21.1. The summed E-state index contributed by atoms with van der Waals surface area (Å²) in [5.41, 5.74) is 1.19. The number of ketones is 1. The zero-order chi connectivity index (χ0) is 30.0. The van der Waals surface area contributed by atoms with Gasteiger partial charge in [0, 0.05) is 20.9 Å². The van der Waals surface area contributed by atoms with Gasteiger partial charge in [-0.05, 0) is 91.0 Å².